The number of anilines is 1. The molecule has 0 spiro atoms. The molecule has 23 heavy (non-hydrogen) atoms. The van der Waals surface area contributed by atoms with Gasteiger partial charge in [0.1, 0.15) is 5.75 Å². The van der Waals surface area contributed by atoms with Crippen molar-refractivity contribution >= 4 is 17.3 Å². The lowest BCUT2D eigenvalue weighted by atomic mass is 10.1. The molecule has 0 aliphatic carbocycles. The summed E-state index contributed by atoms with van der Waals surface area (Å²) in [7, 11) is 0. The number of nitrogens with zero attached hydrogens (tertiary/aromatic N) is 1. The first-order valence-electron chi connectivity index (χ1n) is 7.26. The van der Waals surface area contributed by atoms with Crippen molar-refractivity contribution in [2.75, 3.05) is 11.9 Å². The van der Waals surface area contributed by atoms with Crippen LogP contribution in [0.5, 0.6) is 5.75 Å². The van der Waals surface area contributed by atoms with E-state index < -0.39 is 4.92 Å². The number of nitro benzene ring substituents is 1. The number of ether oxygens (including phenoxy) is 1. The maximum atomic E-state index is 11.9. The third-order valence-corrected chi connectivity index (χ3v) is 3.37. The van der Waals surface area contributed by atoms with Crippen molar-refractivity contribution in [3.8, 4) is 5.75 Å². The Bertz CT molecular complexity index is 711. The van der Waals surface area contributed by atoms with Crippen molar-refractivity contribution in [1.82, 2.24) is 0 Å². The van der Waals surface area contributed by atoms with Gasteiger partial charge in [-0.15, -0.1) is 0 Å². The summed E-state index contributed by atoms with van der Waals surface area (Å²) in [6.45, 7) is 3.60. The Morgan fingerprint density at radius 2 is 1.91 bits per heavy atom. The van der Waals surface area contributed by atoms with E-state index in [0.29, 0.717) is 17.0 Å². The highest BCUT2D eigenvalue weighted by Gasteiger charge is 2.10. The molecule has 0 unspecified atom stereocenters. The number of carbonyl (C=O) groups excluding carboxylic acids is 1. The Morgan fingerprint density at radius 1 is 1.22 bits per heavy atom. The van der Waals surface area contributed by atoms with Crippen molar-refractivity contribution in [3.05, 3.63) is 63.7 Å². The Hall–Kier alpha value is -2.89. The predicted molar refractivity (Wildman–Crippen MR) is 87.8 cm³/mol. The summed E-state index contributed by atoms with van der Waals surface area (Å²) in [5, 5.41) is 13.4. The zero-order valence-corrected chi connectivity index (χ0v) is 13.0. The molecule has 0 aliphatic rings. The summed E-state index contributed by atoms with van der Waals surface area (Å²) < 4.78 is 5.42. The average Bonchev–Trinajstić information content (AvgIpc) is 2.54. The molecule has 0 heterocycles. The molecule has 0 saturated heterocycles. The molecule has 6 heteroatoms. The predicted octanol–water partition coefficient (Wildman–Crippen LogP) is 3.48. The summed E-state index contributed by atoms with van der Waals surface area (Å²) >= 11 is 0. The molecule has 2 aromatic carbocycles. The summed E-state index contributed by atoms with van der Waals surface area (Å²) in [5.41, 5.74) is 2.51. The van der Waals surface area contributed by atoms with Crippen LogP contribution < -0.4 is 10.1 Å². The maximum Gasteiger partial charge on any atom is 0.269 e. The minimum atomic E-state index is -0.469. The smallest absolute Gasteiger partial charge is 0.269 e. The van der Waals surface area contributed by atoms with Crippen LogP contribution in [0.4, 0.5) is 11.4 Å². The molecule has 6 nitrogen and oxygen atoms in total. The number of benzene rings is 2. The van der Waals surface area contributed by atoms with Gasteiger partial charge in [0.05, 0.1) is 4.92 Å². The second kappa shape index (κ2) is 7.40. The number of hydrogen-bond donors (Lipinski definition) is 1. The van der Waals surface area contributed by atoms with Gasteiger partial charge in [-0.25, -0.2) is 0 Å². The quantitative estimate of drug-likeness (QED) is 0.653. The number of non-ortho nitro benzene ring substituents is 1. The lowest BCUT2D eigenvalue weighted by Crippen LogP contribution is -2.20. The normalized spacial score (nSPS) is 10.2. The summed E-state index contributed by atoms with van der Waals surface area (Å²) in [6.07, 6.45) is 0.941. The minimum Gasteiger partial charge on any atom is -0.483 e. The molecule has 0 saturated carbocycles. The van der Waals surface area contributed by atoms with Gasteiger partial charge in [0, 0.05) is 17.8 Å². The Morgan fingerprint density at radius 3 is 2.48 bits per heavy atom. The van der Waals surface area contributed by atoms with E-state index in [1.54, 1.807) is 6.92 Å². The molecule has 1 N–H and O–H groups in total. The molecule has 0 fully saturated rings. The topological polar surface area (TPSA) is 81.5 Å². The number of amides is 1. The highest BCUT2D eigenvalue weighted by atomic mass is 16.6. The van der Waals surface area contributed by atoms with E-state index in [9.17, 15) is 14.9 Å². The van der Waals surface area contributed by atoms with Crippen LogP contribution in [0.1, 0.15) is 18.1 Å². The monoisotopic (exact) mass is 314 g/mol. The van der Waals surface area contributed by atoms with Crippen molar-refractivity contribution in [2.45, 2.75) is 20.3 Å². The van der Waals surface area contributed by atoms with Crippen LogP contribution in [0.15, 0.2) is 42.5 Å². The SMILES string of the molecule is CCc1ccc(NC(=O)COc2ccc([N+](=O)[O-])cc2C)cc1. The van der Waals surface area contributed by atoms with Crippen molar-refractivity contribution in [3.63, 3.8) is 0 Å². The third-order valence-electron chi connectivity index (χ3n) is 3.37. The van der Waals surface area contributed by atoms with Crippen molar-refractivity contribution in [1.29, 1.82) is 0 Å². The first-order chi connectivity index (χ1) is 11.0. The maximum absolute atomic E-state index is 11.9. The Balaban J connectivity index is 1.92. The molecular weight excluding hydrogens is 296 g/mol. The van der Waals surface area contributed by atoms with E-state index in [0.717, 1.165) is 6.42 Å². The van der Waals surface area contributed by atoms with Gasteiger partial charge in [-0.2, -0.15) is 0 Å². The number of aryl methyl sites for hydroxylation is 2. The molecule has 0 radical (unpaired) electrons. The molecule has 0 aliphatic heterocycles. The van der Waals surface area contributed by atoms with Crippen LogP contribution in [-0.4, -0.2) is 17.4 Å². The first-order valence-corrected chi connectivity index (χ1v) is 7.26. The van der Waals surface area contributed by atoms with Gasteiger partial charge in [-0.1, -0.05) is 19.1 Å². The number of rotatable bonds is 6. The summed E-state index contributed by atoms with van der Waals surface area (Å²) in [5.74, 6) is 0.166. The van der Waals surface area contributed by atoms with E-state index in [-0.39, 0.29) is 18.2 Å². The Labute approximate surface area is 134 Å². The number of carbonyl (C=O) groups is 1. The van der Waals surface area contributed by atoms with Crippen LogP contribution in [0, 0.1) is 17.0 Å². The third kappa shape index (κ3) is 4.54. The van der Waals surface area contributed by atoms with Gasteiger partial charge >= 0.3 is 0 Å². The van der Waals surface area contributed by atoms with E-state index >= 15 is 0 Å². The molecule has 1 amide bonds. The van der Waals surface area contributed by atoms with Crippen LogP contribution >= 0.6 is 0 Å². The van der Waals surface area contributed by atoms with Gasteiger partial charge in [0.2, 0.25) is 0 Å². The largest absolute Gasteiger partial charge is 0.483 e. The molecule has 2 aromatic rings. The average molecular weight is 314 g/mol. The second-order valence-corrected chi connectivity index (χ2v) is 5.09. The van der Waals surface area contributed by atoms with E-state index in [1.807, 2.05) is 24.3 Å². The summed E-state index contributed by atoms with van der Waals surface area (Å²) in [4.78, 5) is 22.1. The zero-order valence-electron chi connectivity index (χ0n) is 13.0. The first kappa shape index (κ1) is 16.5. The van der Waals surface area contributed by atoms with Gasteiger partial charge in [-0.3, -0.25) is 14.9 Å². The fourth-order valence-electron chi connectivity index (χ4n) is 2.07. The van der Waals surface area contributed by atoms with Gasteiger partial charge in [0.15, 0.2) is 6.61 Å². The number of nitrogens with one attached hydrogen (secondary N) is 1. The number of nitro groups is 1. The van der Waals surface area contributed by atoms with E-state index in [2.05, 4.69) is 12.2 Å². The fourth-order valence-corrected chi connectivity index (χ4v) is 2.07. The highest BCUT2D eigenvalue weighted by molar-refractivity contribution is 5.91. The van der Waals surface area contributed by atoms with Crippen LogP contribution in [0.2, 0.25) is 0 Å². The fraction of sp³-hybridized carbons (Fsp3) is 0.235. The molecule has 0 atom stereocenters. The standard InChI is InChI=1S/C17H18N2O4/c1-3-13-4-6-14(7-5-13)18-17(20)11-23-16-9-8-15(19(21)22)10-12(16)2/h4-10H,3,11H2,1-2H3,(H,18,20). The minimum absolute atomic E-state index is 0.00434. The lowest BCUT2D eigenvalue weighted by Gasteiger charge is -2.10. The molecule has 0 aromatic heterocycles. The van der Waals surface area contributed by atoms with Gasteiger partial charge in [0.25, 0.3) is 11.6 Å². The molecule has 0 bridgehead atoms. The highest BCUT2D eigenvalue weighted by Crippen LogP contribution is 2.23. The number of hydrogen-bond acceptors (Lipinski definition) is 4. The molecule has 120 valence electrons. The zero-order chi connectivity index (χ0) is 16.8. The summed E-state index contributed by atoms with van der Waals surface area (Å²) in [6, 6.07) is 11.9. The van der Waals surface area contributed by atoms with Gasteiger partial charge in [-0.05, 0) is 42.7 Å². The Kier molecular flexibility index (Phi) is 5.30. The van der Waals surface area contributed by atoms with E-state index in [1.165, 1.54) is 23.8 Å². The van der Waals surface area contributed by atoms with Gasteiger partial charge < -0.3 is 10.1 Å². The van der Waals surface area contributed by atoms with Crippen LogP contribution in [0.25, 0.3) is 0 Å². The molecular formula is C17H18N2O4. The van der Waals surface area contributed by atoms with Crippen LogP contribution in [-0.2, 0) is 11.2 Å². The second-order valence-electron chi connectivity index (χ2n) is 5.09. The van der Waals surface area contributed by atoms with Crippen LogP contribution in [0.3, 0.4) is 0 Å². The van der Waals surface area contributed by atoms with Crippen molar-refractivity contribution < 1.29 is 14.5 Å². The lowest BCUT2D eigenvalue weighted by molar-refractivity contribution is -0.384. The van der Waals surface area contributed by atoms with E-state index in [4.69, 9.17) is 4.74 Å². The molecule has 2 rings (SSSR count). The van der Waals surface area contributed by atoms with Crippen molar-refractivity contribution in [2.24, 2.45) is 0 Å².